The Kier molecular flexibility index (Phi) is 3.26. The van der Waals surface area contributed by atoms with Crippen LogP contribution in [0, 0.1) is 15.5 Å². The first-order chi connectivity index (χ1) is 8.09. The molecular formula is C12H17N3O2. The van der Waals surface area contributed by atoms with Crippen LogP contribution in [0.4, 0.5) is 11.5 Å². The molecule has 0 aliphatic heterocycles. The number of pyridine rings is 1. The second kappa shape index (κ2) is 4.69. The van der Waals surface area contributed by atoms with E-state index in [0.717, 1.165) is 12.2 Å². The molecule has 0 spiro atoms. The molecule has 5 nitrogen and oxygen atoms in total. The van der Waals surface area contributed by atoms with Crippen LogP contribution >= 0.6 is 0 Å². The minimum Gasteiger partial charge on any atom is -0.381 e. The minimum atomic E-state index is -0.484. The zero-order valence-electron chi connectivity index (χ0n) is 9.98. The third-order valence-corrected chi connectivity index (χ3v) is 3.46. The molecule has 92 valence electrons. The molecule has 0 amide bonds. The van der Waals surface area contributed by atoms with Crippen LogP contribution in [0.5, 0.6) is 0 Å². The van der Waals surface area contributed by atoms with E-state index in [4.69, 9.17) is 0 Å². The highest BCUT2D eigenvalue weighted by atomic mass is 16.6. The van der Waals surface area contributed by atoms with E-state index < -0.39 is 4.92 Å². The van der Waals surface area contributed by atoms with Gasteiger partial charge in [0.05, 0.1) is 5.69 Å². The quantitative estimate of drug-likeness (QED) is 0.643. The molecule has 1 aromatic heterocycles. The van der Waals surface area contributed by atoms with Crippen molar-refractivity contribution in [1.29, 1.82) is 0 Å². The number of aromatic nitrogens is 1. The molecule has 5 heteroatoms. The van der Waals surface area contributed by atoms with Gasteiger partial charge in [-0.3, -0.25) is 0 Å². The van der Waals surface area contributed by atoms with Gasteiger partial charge in [0.25, 0.3) is 0 Å². The summed E-state index contributed by atoms with van der Waals surface area (Å²) in [6.45, 7) is 3.19. The number of anilines is 1. The first-order valence-electron chi connectivity index (χ1n) is 5.93. The SMILES string of the molecule is CC1(CNc2ccc([N+](=O)[O-])nc2)CCCC1. The monoisotopic (exact) mass is 235 g/mol. The lowest BCUT2D eigenvalue weighted by molar-refractivity contribution is -0.389. The van der Waals surface area contributed by atoms with Crippen molar-refractivity contribution in [3.8, 4) is 0 Å². The summed E-state index contributed by atoms with van der Waals surface area (Å²) in [4.78, 5) is 13.8. The average Bonchev–Trinajstić information content (AvgIpc) is 2.75. The van der Waals surface area contributed by atoms with Gasteiger partial charge in [0, 0.05) is 12.6 Å². The average molecular weight is 235 g/mol. The molecule has 0 radical (unpaired) electrons. The topological polar surface area (TPSA) is 68.1 Å². The van der Waals surface area contributed by atoms with Gasteiger partial charge in [-0.15, -0.1) is 0 Å². The van der Waals surface area contributed by atoms with E-state index in [1.807, 2.05) is 0 Å². The molecule has 1 aliphatic carbocycles. The number of hydrogen-bond acceptors (Lipinski definition) is 4. The van der Waals surface area contributed by atoms with Crippen molar-refractivity contribution in [2.24, 2.45) is 5.41 Å². The van der Waals surface area contributed by atoms with Crippen molar-refractivity contribution in [3.63, 3.8) is 0 Å². The van der Waals surface area contributed by atoms with Gasteiger partial charge in [-0.25, -0.2) is 0 Å². The van der Waals surface area contributed by atoms with Crippen molar-refractivity contribution in [1.82, 2.24) is 4.98 Å². The van der Waals surface area contributed by atoms with Crippen molar-refractivity contribution < 1.29 is 4.92 Å². The summed E-state index contributed by atoms with van der Waals surface area (Å²) in [6.07, 6.45) is 6.63. The summed E-state index contributed by atoms with van der Waals surface area (Å²) >= 11 is 0. The van der Waals surface area contributed by atoms with Gasteiger partial charge in [0.1, 0.15) is 0 Å². The number of hydrogen-bond donors (Lipinski definition) is 1. The van der Waals surface area contributed by atoms with Crippen LogP contribution in [0.25, 0.3) is 0 Å². The van der Waals surface area contributed by atoms with E-state index in [2.05, 4.69) is 17.2 Å². The molecule has 2 rings (SSSR count). The predicted octanol–water partition coefficient (Wildman–Crippen LogP) is 2.98. The second-order valence-corrected chi connectivity index (χ2v) is 5.03. The molecule has 1 N–H and O–H groups in total. The molecule has 1 heterocycles. The van der Waals surface area contributed by atoms with Gasteiger partial charge < -0.3 is 15.4 Å². The molecule has 0 aromatic carbocycles. The number of nitrogens with zero attached hydrogens (tertiary/aromatic N) is 2. The van der Waals surface area contributed by atoms with Gasteiger partial charge in [-0.05, 0) is 34.2 Å². The highest BCUT2D eigenvalue weighted by molar-refractivity contribution is 5.43. The van der Waals surface area contributed by atoms with Crippen LogP contribution in [-0.4, -0.2) is 16.5 Å². The molecule has 17 heavy (non-hydrogen) atoms. The van der Waals surface area contributed by atoms with E-state index in [1.54, 1.807) is 6.07 Å². The summed E-state index contributed by atoms with van der Waals surface area (Å²) in [5.41, 5.74) is 1.21. The van der Waals surface area contributed by atoms with E-state index in [0.29, 0.717) is 5.41 Å². The molecule has 1 aromatic rings. The zero-order valence-corrected chi connectivity index (χ0v) is 9.98. The Bertz CT molecular complexity index is 397. The number of nitrogens with one attached hydrogen (secondary N) is 1. The van der Waals surface area contributed by atoms with Crippen molar-refractivity contribution >= 4 is 11.5 Å². The fraction of sp³-hybridized carbons (Fsp3) is 0.583. The van der Waals surface area contributed by atoms with Crippen molar-refractivity contribution in [2.75, 3.05) is 11.9 Å². The normalized spacial score (nSPS) is 17.9. The first kappa shape index (κ1) is 11.8. The van der Waals surface area contributed by atoms with Gasteiger partial charge in [-0.2, -0.15) is 0 Å². The molecular weight excluding hydrogens is 218 g/mol. The Labute approximate surface area is 100 Å². The third-order valence-electron chi connectivity index (χ3n) is 3.46. The van der Waals surface area contributed by atoms with Gasteiger partial charge in [0.15, 0.2) is 6.20 Å². The van der Waals surface area contributed by atoms with Gasteiger partial charge >= 0.3 is 5.82 Å². The minimum absolute atomic E-state index is 0.109. The number of rotatable bonds is 4. The molecule has 0 bridgehead atoms. The fourth-order valence-corrected chi connectivity index (χ4v) is 2.32. The van der Waals surface area contributed by atoms with Crippen LogP contribution in [0.3, 0.4) is 0 Å². The maximum Gasteiger partial charge on any atom is 0.363 e. The van der Waals surface area contributed by atoms with E-state index >= 15 is 0 Å². The Morgan fingerprint density at radius 3 is 2.71 bits per heavy atom. The number of nitro groups is 1. The van der Waals surface area contributed by atoms with Crippen LogP contribution < -0.4 is 5.32 Å². The lowest BCUT2D eigenvalue weighted by atomic mass is 9.89. The summed E-state index contributed by atoms with van der Waals surface area (Å²) in [5.74, 6) is -0.109. The standard InChI is InChI=1S/C12H17N3O2/c1-12(6-2-3-7-12)9-14-10-4-5-11(13-8-10)15(16)17/h4-5,8,14H,2-3,6-7,9H2,1H3. The van der Waals surface area contributed by atoms with Crippen molar-refractivity contribution in [2.45, 2.75) is 32.6 Å². The van der Waals surface area contributed by atoms with E-state index in [9.17, 15) is 10.1 Å². The maximum atomic E-state index is 10.5. The Hall–Kier alpha value is -1.65. The Morgan fingerprint density at radius 2 is 2.18 bits per heavy atom. The third kappa shape index (κ3) is 2.93. The molecule has 1 fully saturated rings. The molecule has 0 atom stereocenters. The molecule has 0 unspecified atom stereocenters. The summed E-state index contributed by atoms with van der Waals surface area (Å²) in [7, 11) is 0. The van der Waals surface area contributed by atoms with Crippen LogP contribution in [0.15, 0.2) is 18.3 Å². The van der Waals surface area contributed by atoms with Crippen LogP contribution in [-0.2, 0) is 0 Å². The maximum absolute atomic E-state index is 10.5. The second-order valence-electron chi connectivity index (χ2n) is 5.03. The largest absolute Gasteiger partial charge is 0.381 e. The lowest BCUT2D eigenvalue weighted by Gasteiger charge is -2.23. The first-order valence-corrected chi connectivity index (χ1v) is 5.93. The molecule has 0 saturated heterocycles. The van der Waals surface area contributed by atoms with Crippen molar-refractivity contribution in [3.05, 3.63) is 28.4 Å². The van der Waals surface area contributed by atoms with E-state index in [-0.39, 0.29) is 5.82 Å². The zero-order chi connectivity index (χ0) is 12.3. The highest BCUT2D eigenvalue weighted by Gasteiger charge is 2.28. The van der Waals surface area contributed by atoms with Gasteiger partial charge in [0.2, 0.25) is 0 Å². The predicted molar refractivity (Wildman–Crippen MR) is 66.0 cm³/mol. The lowest BCUT2D eigenvalue weighted by Crippen LogP contribution is -2.22. The Balaban J connectivity index is 1.93. The summed E-state index contributed by atoms with van der Waals surface area (Å²) in [6, 6.07) is 3.14. The Morgan fingerprint density at radius 1 is 1.47 bits per heavy atom. The van der Waals surface area contributed by atoms with Crippen LogP contribution in [0.2, 0.25) is 0 Å². The summed E-state index contributed by atoms with van der Waals surface area (Å²) in [5, 5.41) is 13.8. The van der Waals surface area contributed by atoms with Crippen LogP contribution in [0.1, 0.15) is 32.6 Å². The molecule has 1 saturated carbocycles. The smallest absolute Gasteiger partial charge is 0.363 e. The highest BCUT2D eigenvalue weighted by Crippen LogP contribution is 2.37. The molecule has 1 aliphatic rings. The fourth-order valence-electron chi connectivity index (χ4n) is 2.32. The van der Waals surface area contributed by atoms with E-state index in [1.165, 1.54) is 37.9 Å². The van der Waals surface area contributed by atoms with Gasteiger partial charge in [-0.1, -0.05) is 19.8 Å². The summed E-state index contributed by atoms with van der Waals surface area (Å²) < 4.78 is 0.